The highest BCUT2D eigenvalue weighted by Gasteiger charge is 2.42. The molecule has 0 aliphatic rings. The maximum absolute atomic E-state index is 12.7. The van der Waals surface area contributed by atoms with Crippen molar-refractivity contribution in [2.45, 2.75) is 6.18 Å². The van der Waals surface area contributed by atoms with E-state index >= 15 is 0 Å². The Kier molecular flexibility index (Phi) is 4.85. The topological polar surface area (TPSA) is 79.9 Å². The van der Waals surface area contributed by atoms with Gasteiger partial charge in [-0.05, 0) is 12.1 Å². The summed E-state index contributed by atoms with van der Waals surface area (Å²) >= 11 is 0. The normalized spacial score (nSPS) is 14.0. The lowest BCUT2D eigenvalue weighted by Gasteiger charge is -2.20. The van der Waals surface area contributed by atoms with Crippen LogP contribution in [0, 0.1) is 5.92 Å². The zero-order valence-corrected chi connectivity index (χ0v) is 10.1. The quantitative estimate of drug-likeness (QED) is 0.333. The summed E-state index contributed by atoms with van der Waals surface area (Å²) in [5.74, 6) is -2.44. The van der Waals surface area contributed by atoms with Gasteiger partial charge in [0.05, 0.1) is 7.11 Å². The van der Waals surface area contributed by atoms with Gasteiger partial charge in [0, 0.05) is 18.3 Å². The van der Waals surface area contributed by atoms with Gasteiger partial charge in [0.25, 0.3) is 0 Å². The van der Waals surface area contributed by atoms with Crippen LogP contribution in [0.4, 0.5) is 18.9 Å². The summed E-state index contributed by atoms with van der Waals surface area (Å²) < 4.78 is 43.0. The molecule has 0 heterocycles. The molecule has 5 nitrogen and oxygen atoms in total. The van der Waals surface area contributed by atoms with Gasteiger partial charge in [-0.25, -0.2) is 0 Å². The summed E-state index contributed by atoms with van der Waals surface area (Å²) in [6, 6.07) is 6.42. The Balaban J connectivity index is 2.76. The third-order valence-corrected chi connectivity index (χ3v) is 2.45. The standard InChI is InChI=1S/C11H14F3N3O2/c1-19-8-4-2-3-7(5-8)16-6-9(10(15)17-18)11(12,13)14/h2-5,9,16,18H,6H2,1H3,(H2,15,17). The van der Waals surface area contributed by atoms with Crippen LogP contribution >= 0.6 is 0 Å². The number of nitrogens with two attached hydrogens (primary N) is 1. The van der Waals surface area contributed by atoms with Gasteiger partial charge in [-0.3, -0.25) is 0 Å². The fourth-order valence-electron chi connectivity index (χ4n) is 1.41. The predicted molar refractivity (Wildman–Crippen MR) is 64.4 cm³/mol. The van der Waals surface area contributed by atoms with Crippen molar-refractivity contribution < 1.29 is 23.1 Å². The fourth-order valence-corrected chi connectivity index (χ4v) is 1.41. The van der Waals surface area contributed by atoms with E-state index in [1.807, 2.05) is 0 Å². The van der Waals surface area contributed by atoms with E-state index in [1.54, 1.807) is 24.3 Å². The highest BCUT2D eigenvalue weighted by Crippen LogP contribution is 2.27. The van der Waals surface area contributed by atoms with Crippen LogP contribution in [0.5, 0.6) is 5.75 Å². The maximum atomic E-state index is 12.7. The molecule has 1 aromatic carbocycles. The zero-order chi connectivity index (χ0) is 14.5. The summed E-state index contributed by atoms with van der Waals surface area (Å²) in [4.78, 5) is 0. The number of halogens is 3. The molecule has 0 amide bonds. The average Bonchev–Trinajstić information content (AvgIpc) is 2.37. The molecule has 8 heteroatoms. The number of hydrogen-bond donors (Lipinski definition) is 3. The minimum atomic E-state index is -4.60. The van der Waals surface area contributed by atoms with Gasteiger partial charge in [-0.15, -0.1) is 0 Å². The number of amidine groups is 1. The minimum Gasteiger partial charge on any atom is -0.497 e. The van der Waals surface area contributed by atoms with Gasteiger partial charge in [0.15, 0.2) is 5.84 Å². The molecular weight excluding hydrogens is 263 g/mol. The van der Waals surface area contributed by atoms with Crippen molar-refractivity contribution in [2.75, 3.05) is 19.0 Å². The monoisotopic (exact) mass is 277 g/mol. The second kappa shape index (κ2) is 6.17. The molecule has 1 unspecified atom stereocenters. The van der Waals surface area contributed by atoms with Crippen molar-refractivity contribution in [1.82, 2.24) is 0 Å². The molecule has 0 spiro atoms. The van der Waals surface area contributed by atoms with E-state index in [-0.39, 0.29) is 0 Å². The Hall–Kier alpha value is -2.12. The second-order valence-electron chi connectivity index (χ2n) is 3.73. The largest absolute Gasteiger partial charge is 0.497 e. The van der Waals surface area contributed by atoms with Crippen LogP contribution in [0.15, 0.2) is 29.4 Å². The van der Waals surface area contributed by atoms with Crippen LogP contribution in [0.1, 0.15) is 0 Å². The lowest BCUT2D eigenvalue weighted by Crippen LogP contribution is -2.40. The van der Waals surface area contributed by atoms with Crippen LogP contribution in [-0.2, 0) is 0 Å². The summed E-state index contributed by atoms with van der Waals surface area (Å²) in [5.41, 5.74) is 5.48. The fraction of sp³-hybridized carbons (Fsp3) is 0.364. The van der Waals surface area contributed by atoms with Gasteiger partial charge in [-0.2, -0.15) is 13.2 Å². The van der Waals surface area contributed by atoms with Crippen LogP contribution in [0.2, 0.25) is 0 Å². The number of nitrogens with zero attached hydrogens (tertiary/aromatic N) is 1. The van der Waals surface area contributed by atoms with Gasteiger partial charge in [0.2, 0.25) is 0 Å². The Bertz CT molecular complexity index is 449. The molecule has 19 heavy (non-hydrogen) atoms. The minimum absolute atomic E-state index is 0.444. The van der Waals surface area contributed by atoms with Crippen LogP contribution in [-0.4, -0.2) is 30.9 Å². The zero-order valence-electron chi connectivity index (χ0n) is 10.1. The molecule has 0 radical (unpaired) electrons. The van der Waals surface area contributed by atoms with Crippen LogP contribution in [0.3, 0.4) is 0 Å². The third-order valence-electron chi connectivity index (χ3n) is 2.45. The highest BCUT2D eigenvalue weighted by atomic mass is 19.4. The molecule has 0 saturated heterocycles. The predicted octanol–water partition coefficient (Wildman–Crippen LogP) is 2.03. The molecule has 106 valence electrons. The van der Waals surface area contributed by atoms with E-state index in [0.717, 1.165) is 0 Å². The first-order valence-corrected chi connectivity index (χ1v) is 5.30. The van der Waals surface area contributed by atoms with Gasteiger partial charge in [0.1, 0.15) is 11.7 Å². The number of anilines is 1. The van der Waals surface area contributed by atoms with Crippen molar-refractivity contribution >= 4 is 11.5 Å². The summed E-state index contributed by atoms with van der Waals surface area (Å²) in [6.45, 7) is -0.535. The molecule has 0 aromatic heterocycles. The Labute approximate surface area is 107 Å². The van der Waals surface area contributed by atoms with Crippen molar-refractivity contribution in [2.24, 2.45) is 16.8 Å². The first kappa shape index (κ1) is 14.9. The molecule has 1 atom stereocenters. The average molecular weight is 277 g/mol. The summed E-state index contributed by atoms with van der Waals surface area (Å²) in [5, 5.41) is 13.3. The first-order chi connectivity index (χ1) is 8.88. The van der Waals surface area contributed by atoms with E-state index in [9.17, 15) is 13.2 Å². The van der Waals surface area contributed by atoms with E-state index in [1.165, 1.54) is 7.11 Å². The van der Waals surface area contributed by atoms with Crippen molar-refractivity contribution in [3.05, 3.63) is 24.3 Å². The van der Waals surface area contributed by atoms with Crippen molar-refractivity contribution in [3.63, 3.8) is 0 Å². The number of nitrogens with one attached hydrogen (secondary N) is 1. The molecule has 1 rings (SSSR count). The maximum Gasteiger partial charge on any atom is 0.400 e. The van der Waals surface area contributed by atoms with Crippen molar-refractivity contribution in [1.29, 1.82) is 0 Å². The van der Waals surface area contributed by atoms with Crippen molar-refractivity contribution in [3.8, 4) is 5.75 Å². The number of benzene rings is 1. The molecule has 0 saturated carbocycles. The van der Waals surface area contributed by atoms with Gasteiger partial charge >= 0.3 is 6.18 Å². The molecule has 0 aliphatic carbocycles. The second-order valence-corrected chi connectivity index (χ2v) is 3.73. The molecule has 4 N–H and O–H groups in total. The first-order valence-electron chi connectivity index (χ1n) is 5.30. The molecule has 0 bridgehead atoms. The molecule has 0 fully saturated rings. The lowest BCUT2D eigenvalue weighted by molar-refractivity contribution is -0.152. The number of oxime groups is 1. The number of rotatable bonds is 5. The smallest absolute Gasteiger partial charge is 0.400 e. The Morgan fingerprint density at radius 1 is 1.53 bits per heavy atom. The number of methoxy groups -OCH3 is 1. The van der Waals surface area contributed by atoms with Gasteiger partial charge in [-0.1, -0.05) is 11.2 Å². The molecular formula is C11H14F3N3O2. The summed E-state index contributed by atoms with van der Waals surface area (Å²) in [7, 11) is 1.45. The number of ether oxygens (including phenoxy) is 1. The van der Waals surface area contributed by atoms with E-state index in [0.29, 0.717) is 11.4 Å². The third kappa shape index (κ3) is 4.23. The highest BCUT2D eigenvalue weighted by molar-refractivity contribution is 5.83. The van der Waals surface area contributed by atoms with E-state index in [2.05, 4.69) is 10.5 Å². The summed E-state index contributed by atoms with van der Waals surface area (Å²) in [6.07, 6.45) is -4.60. The Morgan fingerprint density at radius 3 is 2.74 bits per heavy atom. The number of alkyl halides is 3. The lowest BCUT2D eigenvalue weighted by atomic mass is 10.1. The Morgan fingerprint density at radius 2 is 2.21 bits per heavy atom. The SMILES string of the molecule is COc1cccc(NCC(/C(N)=N/O)C(F)(F)F)c1. The van der Waals surface area contributed by atoms with Gasteiger partial charge < -0.3 is 21.0 Å². The van der Waals surface area contributed by atoms with E-state index in [4.69, 9.17) is 15.7 Å². The molecule has 0 aliphatic heterocycles. The number of hydrogen-bond acceptors (Lipinski definition) is 4. The molecule has 1 aromatic rings. The van der Waals surface area contributed by atoms with Crippen LogP contribution in [0.25, 0.3) is 0 Å². The van der Waals surface area contributed by atoms with Crippen LogP contribution < -0.4 is 15.8 Å². The van der Waals surface area contributed by atoms with E-state index < -0.39 is 24.5 Å².